The van der Waals surface area contributed by atoms with Gasteiger partial charge in [0.1, 0.15) is 19.3 Å². The third-order valence-corrected chi connectivity index (χ3v) is 17.6. The molecule has 0 aromatic rings. The molecule has 19 heteroatoms. The molecule has 0 aromatic heterocycles. The molecule has 0 saturated heterocycles. The van der Waals surface area contributed by atoms with E-state index in [-0.39, 0.29) is 25.7 Å². The van der Waals surface area contributed by atoms with Crippen LogP contribution in [0.2, 0.25) is 0 Å². The minimum Gasteiger partial charge on any atom is -0.462 e. The van der Waals surface area contributed by atoms with Crippen molar-refractivity contribution in [3.63, 3.8) is 0 Å². The maximum absolute atomic E-state index is 13.0. The second kappa shape index (κ2) is 57.0. The van der Waals surface area contributed by atoms with Crippen LogP contribution in [0.4, 0.5) is 0 Å². The number of phosphoric acid groups is 2. The first kappa shape index (κ1) is 84.1. The lowest BCUT2D eigenvalue weighted by atomic mass is 10.00. The monoisotopic (exact) mass is 1270 g/mol. The quantitative estimate of drug-likeness (QED) is 0.0222. The molecule has 0 fully saturated rings. The van der Waals surface area contributed by atoms with E-state index >= 15 is 0 Å². The number of hydrogen-bond acceptors (Lipinski definition) is 15. The number of unbranched alkanes of at least 4 members (excludes halogenated alkanes) is 29. The van der Waals surface area contributed by atoms with Gasteiger partial charge in [0.05, 0.1) is 26.4 Å². The first-order chi connectivity index (χ1) is 41.1. The minimum absolute atomic E-state index is 0.102. The average molecular weight is 1270 g/mol. The predicted octanol–water partition coefficient (Wildman–Crippen LogP) is 18.5. The maximum Gasteiger partial charge on any atom is 0.472 e. The van der Waals surface area contributed by atoms with E-state index in [2.05, 4.69) is 55.4 Å². The number of aliphatic hydroxyl groups excluding tert-OH is 1. The highest BCUT2D eigenvalue weighted by Crippen LogP contribution is 2.45. The number of rotatable bonds is 64. The number of carbonyl (C=O) groups is 4. The number of aliphatic hydroxyl groups is 1. The van der Waals surface area contributed by atoms with Crippen molar-refractivity contribution in [3.8, 4) is 0 Å². The Labute approximate surface area is 524 Å². The van der Waals surface area contributed by atoms with Crippen molar-refractivity contribution in [2.45, 2.75) is 343 Å². The molecule has 0 radical (unpaired) electrons. The molecule has 0 aliphatic rings. The zero-order valence-corrected chi connectivity index (χ0v) is 57.7. The Balaban J connectivity index is 5.23. The van der Waals surface area contributed by atoms with E-state index in [9.17, 15) is 43.2 Å². The summed E-state index contributed by atoms with van der Waals surface area (Å²) in [6.07, 6.45) is 37.7. The van der Waals surface area contributed by atoms with Crippen molar-refractivity contribution in [3.05, 3.63) is 0 Å². The third-order valence-electron chi connectivity index (χ3n) is 15.7. The molecule has 0 aromatic carbocycles. The number of esters is 4. The van der Waals surface area contributed by atoms with Crippen molar-refractivity contribution in [1.82, 2.24) is 0 Å². The van der Waals surface area contributed by atoms with Crippen molar-refractivity contribution in [2.75, 3.05) is 39.6 Å². The molecule has 0 aliphatic carbocycles. The molecule has 0 amide bonds. The highest BCUT2D eigenvalue weighted by atomic mass is 31.2. The zero-order valence-electron chi connectivity index (χ0n) is 55.9. The lowest BCUT2D eigenvalue weighted by molar-refractivity contribution is -0.161. The molecule has 0 spiro atoms. The van der Waals surface area contributed by atoms with Gasteiger partial charge in [-0.15, -0.1) is 0 Å². The summed E-state index contributed by atoms with van der Waals surface area (Å²) >= 11 is 0. The molecule has 6 atom stereocenters. The van der Waals surface area contributed by atoms with Gasteiger partial charge in [-0.05, 0) is 49.4 Å². The van der Waals surface area contributed by atoms with Crippen molar-refractivity contribution < 1.29 is 80.2 Å². The van der Waals surface area contributed by atoms with Gasteiger partial charge >= 0.3 is 39.5 Å². The van der Waals surface area contributed by atoms with Gasteiger partial charge in [-0.25, -0.2) is 9.13 Å². The van der Waals surface area contributed by atoms with Gasteiger partial charge in [0.25, 0.3) is 0 Å². The molecule has 0 aliphatic heterocycles. The van der Waals surface area contributed by atoms with Gasteiger partial charge in [0, 0.05) is 25.7 Å². The van der Waals surface area contributed by atoms with Crippen LogP contribution in [0.5, 0.6) is 0 Å². The Morgan fingerprint density at radius 1 is 0.326 bits per heavy atom. The van der Waals surface area contributed by atoms with Crippen LogP contribution in [0.3, 0.4) is 0 Å². The Hall–Kier alpha value is -1.94. The van der Waals surface area contributed by atoms with Crippen LogP contribution in [-0.4, -0.2) is 96.7 Å². The highest BCUT2D eigenvalue weighted by Gasteiger charge is 2.30. The van der Waals surface area contributed by atoms with Gasteiger partial charge in [-0.3, -0.25) is 37.3 Å². The van der Waals surface area contributed by atoms with E-state index in [0.29, 0.717) is 31.6 Å². The summed E-state index contributed by atoms with van der Waals surface area (Å²) in [4.78, 5) is 72.3. The smallest absolute Gasteiger partial charge is 0.462 e. The molecular formula is C67H130O17P2. The standard InChI is InChI=1S/C67H130O17P2/c1-9-60(8)46-38-30-25-26-34-42-50-67(72)84-63(54-78-65(70)48-40-32-23-17-16-20-28-36-44-58(4)5)56-82-86(75,76)80-52-61(68)51-79-85(73,74)81-55-62(83-66(71)49-41-33-24-18-21-29-37-45-59(6)7)53-77-64(69)47-39-31-22-15-13-11-10-12-14-19-27-35-43-57(2)3/h57-63,68H,9-56H2,1-8H3,(H,73,74)(H,75,76)/t60?,61?,62-,63-/m1/s1. The van der Waals surface area contributed by atoms with Crippen LogP contribution < -0.4 is 0 Å². The summed E-state index contributed by atoms with van der Waals surface area (Å²) in [6.45, 7) is 14.0. The highest BCUT2D eigenvalue weighted by molar-refractivity contribution is 7.47. The van der Waals surface area contributed by atoms with Crippen LogP contribution in [-0.2, 0) is 65.4 Å². The number of ether oxygens (including phenoxy) is 4. The number of phosphoric ester groups is 2. The van der Waals surface area contributed by atoms with E-state index in [4.69, 9.17) is 37.0 Å². The van der Waals surface area contributed by atoms with Crippen molar-refractivity contribution >= 4 is 39.5 Å². The normalized spacial score (nSPS) is 14.7. The fourth-order valence-corrected chi connectivity index (χ4v) is 11.5. The van der Waals surface area contributed by atoms with Gasteiger partial charge < -0.3 is 33.8 Å². The molecule has 510 valence electrons. The molecule has 0 heterocycles. The Bertz CT molecular complexity index is 1720. The van der Waals surface area contributed by atoms with Gasteiger partial charge in [0.2, 0.25) is 0 Å². The van der Waals surface area contributed by atoms with Crippen LogP contribution in [0.15, 0.2) is 0 Å². The number of hydrogen-bond donors (Lipinski definition) is 3. The Morgan fingerprint density at radius 3 is 0.826 bits per heavy atom. The summed E-state index contributed by atoms with van der Waals surface area (Å²) in [5, 5.41) is 10.6. The fourth-order valence-electron chi connectivity index (χ4n) is 9.93. The Morgan fingerprint density at radius 2 is 0.558 bits per heavy atom. The van der Waals surface area contributed by atoms with Crippen molar-refractivity contribution in [2.24, 2.45) is 23.7 Å². The van der Waals surface area contributed by atoms with Crippen LogP contribution in [0.1, 0.15) is 325 Å². The molecule has 0 rings (SSSR count). The topological polar surface area (TPSA) is 237 Å². The lowest BCUT2D eigenvalue weighted by Crippen LogP contribution is -2.30. The summed E-state index contributed by atoms with van der Waals surface area (Å²) in [5.41, 5.74) is 0. The molecule has 0 saturated carbocycles. The van der Waals surface area contributed by atoms with E-state index < -0.39 is 97.5 Å². The second-order valence-corrected chi connectivity index (χ2v) is 28.8. The molecular weight excluding hydrogens is 1140 g/mol. The fraction of sp³-hybridized carbons (Fsp3) is 0.940. The van der Waals surface area contributed by atoms with E-state index in [0.717, 1.165) is 108 Å². The summed E-state index contributed by atoms with van der Waals surface area (Å²) in [5.74, 6) is 0.786. The van der Waals surface area contributed by atoms with Crippen molar-refractivity contribution in [1.29, 1.82) is 0 Å². The summed E-state index contributed by atoms with van der Waals surface area (Å²) in [7, 11) is -9.90. The maximum atomic E-state index is 13.0. The van der Waals surface area contributed by atoms with Gasteiger partial charge in [0.15, 0.2) is 12.2 Å². The van der Waals surface area contributed by atoms with Gasteiger partial charge in [-0.2, -0.15) is 0 Å². The second-order valence-electron chi connectivity index (χ2n) is 25.9. The van der Waals surface area contributed by atoms with Crippen LogP contribution >= 0.6 is 15.6 Å². The molecule has 86 heavy (non-hydrogen) atoms. The summed E-state index contributed by atoms with van der Waals surface area (Å²) < 4.78 is 68.1. The zero-order chi connectivity index (χ0) is 63.9. The van der Waals surface area contributed by atoms with Gasteiger partial charge in [-0.1, -0.05) is 274 Å². The molecule has 0 bridgehead atoms. The number of carbonyl (C=O) groups excluding carboxylic acids is 4. The predicted molar refractivity (Wildman–Crippen MR) is 344 cm³/mol. The third kappa shape index (κ3) is 59.7. The minimum atomic E-state index is -4.95. The van der Waals surface area contributed by atoms with Crippen LogP contribution in [0.25, 0.3) is 0 Å². The van der Waals surface area contributed by atoms with E-state index in [1.807, 2.05) is 0 Å². The lowest BCUT2D eigenvalue weighted by Gasteiger charge is -2.21. The SMILES string of the molecule is CCC(C)CCCCCCCCC(=O)O[C@H](COC(=O)CCCCCCCCCCC(C)C)COP(=O)(O)OCC(O)COP(=O)(O)OC[C@@H](COC(=O)CCCCCCCCCCCCCCC(C)C)OC(=O)CCCCCCCCCC(C)C. The first-order valence-electron chi connectivity index (χ1n) is 34.7. The average Bonchev–Trinajstić information content (AvgIpc) is 3.56. The largest absolute Gasteiger partial charge is 0.472 e. The summed E-state index contributed by atoms with van der Waals surface area (Å²) in [6, 6.07) is 0. The molecule has 4 unspecified atom stereocenters. The van der Waals surface area contributed by atoms with E-state index in [1.54, 1.807) is 0 Å². The Kier molecular flexibility index (Phi) is 55.7. The van der Waals surface area contributed by atoms with Crippen LogP contribution in [0, 0.1) is 23.7 Å². The molecule has 17 nitrogen and oxygen atoms in total. The first-order valence-corrected chi connectivity index (χ1v) is 37.7. The molecule has 3 N–H and O–H groups in total. The van der Waals surface area contributed by atoms with E-state index in [1.165, 1.54) is 128 Å².